The molecule has 2 nitrogen and oxygen atoms in total. The summed E-state index contributed by atoms with van der Waals surface area (Å²) in [6, 6.07) is 10.8. The molecule has 21 heavy (non-hydrogen) atoms. The Morgan fingerprint density at radius 3 is 2.38 bits per heavy atom. The van der Waals surface area contributed by atoms with Crippen LogP contribution >= 0.6 is 0 Å². The van der Waals surface area contributed by atoms with Crippen LogP contribution < -0.4 is 4.74 Å². The number of ketones is 1. The van der Waals surface area contributed by atoms with Gasteiger partial charge in [-0.15, -0.1) is 0 Å². The fourth-order valence-electron chi connectivity index (χ4n) is 2.44. The normalized spacial score (nSPS) is 10.5. The molecule has 2 rings (SSSR count). The van der Waals surface area contributed by atoms with Crippen LogP contribution in [0.4, 0.5) is 4.39 Å². The van der Waals surface area contributed by atoms with Crippen LogP contribution in [0.3, 0.4) is 0 Å². The van der Waals surface area contributed by atoms with E-state index in [0.717, 1.165) is 16.9 Å². The van der Waals surface area contributed by atoms with Crippen LogP contribution in [-0.2, 0) is 6.42 Å². The smallest absolute Gasteiger partial charge is 0.166 e. The van der Waals surface area contributed by atoms with Crippen molar-refractivity contribution in [2.45, 2.75) is 26.7 Å². The number of Topliss-reactive ketones (excluding diaryl/α,β-unsaturated/α-hetero) is 1. The van der Waals surface area contributed by atoms with Gasteiger partial charge in [-0.25, -0.2) is 4.39 Å². The third-order valence-electron chi connectivity index (χ3n) is 3.51. The quantitative estimate of drug-likeness (QED) is 0.767. The number of halogens is 1. The molecule has 110 valence electrons. The zero-order valence-corrected chi connectivity index (χ0v) is 12.6. The average Bonchev–Trinajstić information content (AvgIpc) is 2.44. The number of benzene rings is 2. The van der Waals surface area contributed by atoms with E-state index in [1.807, 2.05) is 37.3 Å². The molecule has 0 amide bonds. The number of hydrogen-bond donors (Lipinski definition) is 0. The van der Waals surface area contributed by atoms with Gasteiger partial charge < -0.3 is 4.74 Å². The molecule has 0 saturated carbocycles. The van der Waals surface area contributed by atoms with Crippen molar-refractivity contribution in [3.63, 3.8) is 0 Å². The molecular weight excluding hydrogens is 267 g/mol. The summed E-state index contributed by atoms with van der Waals surface area (Å²) >= 11 is 0. The molecule has 0 atom stereocenters. The van der Waals surface area contributed by atoms with Gasteiger partial charge in [0, 0.05) is 6.42 Å². The van der Waals surface area contributed by atoms with Gasteiger partial charge >= 0.3 is 0 Å². The zero-order valence-electron chi connectivity index (χ0n) is 12.6. The second-order valence-electron chi connectivity index (χ2n) is 5.21. The van der Waals surface area contributed by atoms with Gasteiger partial charge in [-0.2, -0.15) is 0 Å². The van der Waals surface area contributed by atoms with E-state index in [4.69, 9.17) is 4.74 Å². The minimum Gasteiger partial charge on any atom is -0.497 e. The topological polar surface area (TPSA) is 26.3 Å². The lowest BCUT2D eigenvalue weighted by atomic mass is 9.97. The summed E-state index contributed by atoms with van der Waals surface area (Å²) in [5.74, 6) is 0.207. The molecule has 0 bridgehead atoms. The van der Waals surface area contributed by atoms with Crippen LogP contribution in [0.15, 0.2) is 36.4 Å². The van der Waals surface area contributed by atoms with E-state index in [2.05, 4.69) is 0 Å². The maximum atomic E-state index is 13.9. The molecule has 2 aromatic carbocycles. The SMILES string of the molecule is COc1ccc(CCC(=O)c2c(C)cc(C)cc2F)cc1. The molecule has 0 heterocycles. The van der Waals surface area contributed by atoms with E-state index in [1.165, 1.54) is 6.07 Å². The van der Waals surface area contributed by atoms with Crippen molar-refractivity contribution < 1.29 is 13.9 Å². The molecule has 0 unspecified atom stereocenters. The van der Waals surface area contributed by atoms with E-state index in [0.29, 0.717) is 18.4 Å². The lowest BCUT2D eigenvalue weighted by Gasteiger charge is -2.08. The maximum Gasteiger partial charge on any atom is 0.166 e. The molecule has 0 aromatic heterocycles. The Labute approximate surface area is 124 Å². The summed E-state index contributed by atoms with van der Waals surface area (Å²) in [5, 5.41) is 0. The van der Waals surface area contributed by atoms with Crippen molar-refractivity contribution in [2.24, 2.45) is 0 Å². The van der Waals surface area contributed by atoms with Crippen LogP contribution in [0, 0.1) is 19.7 Å². The van der Waals surface area contributed by atoms with Crippen molar-refractivity contribution in [3.05, 3.63) is 64.5 Å². The van der Waals surface area contributed by atoms with Gasteiger partial charge in [-0.05, 0) is 55.2 Å². The predicted molar refractivity (Wildman–Crippen MR) is 81.5 cm³/mol. The van der Waals surface area contributed by atoms with Crippen molar-refractivity contribution in [1.29, 1.82) is 0 Å². The molecule has 0 spiro atoms. The van der Waals surface area contributed by atoms with Crippen molar-refractivity contribution in [2.75, 3.05) is 7.11 Å². The highest BCUT2D eigenvalue weighted by molar-refractivity contribution is 5.97. The Morgan fingerprint density at radius 1 is 1.14 bits per heavy atom. The summed E-state index contributed by atoms with van der Waals surface area (Å²) < 4.78 is 19.0. The predicted octanol–water partition coefficient (Wildman–Crippen LogP) is 4.27. The van der Waals surface area contributed by atoms with Gasteiger partial charge in [0.25, 0.3) is 0 Å². The standard InChI is InChI=1S/C18H19FO2/c1-12-10-13(2)18(16(19)11-12)17(20)9-6-14-4-7-15(21-3)8-5-14/h4-5,7-8,10-11H,6,9H2,1-3H3. The highest BCUT2D eigenvalue weighted by Gasteiger charge is 2.15. The minimum atomic E-state index is -0.424. The summed E-state index contributed by atoms with van der Waals surface area (Å²) in [7, 11) is 1.61. The van der Waals surface area contributed by atoms with E-state index < -0.39 is 5.82 Å². The number of methoxy groups -OCH3 is 1. The van der Waals surface area contributed by atoms with Gasteiger partial charge in [-0.1, -0.05) is 18.2 Å². The molecule has 0 aliphatic carbocycles. The Balaban J connectivity index is 2.08. The lowest BCUT2D eigenvalue weighted by molar-refractivity contribution is 0.0978. The fraction of sp³-hybridized carbons (Fsp3) is 0.278. The van der Waals surface area contributed by atoms with Crippen LogP contribution in [0.25, 0.3) is 0 Å². The number of ether oxygens (including phenoxy) is 1. The minimum absolute atomic E-state index is 0.152. The molecule has 0 N–H and O–H groups in total. The highest BCUT2D eigenvalue weighted by Crippen LogP contribution is 2.19. The van der Waals surface area contributed by atoms with Gasteiger partial charge in [0.05, 0.1) is 12.7 Å². The van der Waals surface area contributed by atoms with Gasteiger partial charge in [0.2, 0.25) is 0 Å². The summed E-state index contributed by atoms with van der Waals surface area (Å²) in [6.45, 7) is 3.60. The number of carbonyl (C=O) groups is 1. The summed E-state index contributed by atoms with van der Waals surface area (Å²) in [4.78, 5) is 12.2. The average molecular weight is 286 g/mol. The van der Waals surface area contributed by atoms with Crippen LogP contribution in [0.1, 0.15) is 33.5 Å². The van der Waals surface area contributed by atoms with E-state index >= 15 is 0 Å². The second kappa shape index (κ2) is 6.53. The van der Waals surface area contributed by atoms with E-state index in [9.17, 15) is 9.18 Å². The molecular formula is C18H19FO2. The molecule has 0 radical (unpaired) electrons. The first-order valence-corrected chi connectivity index (χ1v) is 6.94. The first-order chi connectivity index (χ1) is 10.0. The lowest BCUT2D eigenvalue weighted by Crippen LogP contribution is -2.07. The Kier molecular flexibility index (Phi) is 4.73. The number of rotatable bonds is 5. The number of aryl methyl sites for hydroxylation is 3. The first kappa shape index (κ1) is 15.2. The monoisotopic (exact) mass is 286 g/mol. The van der Waals surface area contributed by atoms with Crippen molar-refractivity contribution in [3.8, 4) is 5.75 Å². The summed E-state index contributed by atoms with van der Waals surface area (Å²) in [5.41, 5.74) is 2.78. The van der Waals surface area contributed by atoms with Gasteiger partial charge in [-0.3, -0.25) is 4.79 Å². The van der Waals surface area contributed by atoms with Gasteiger partial charge in [0.1, 0.15) is 11.6 Å². The molecule has 0 aliphatic rings. The molecule has 0 saturated heterocycles. The third-order valence-corrected chi connectivity index (χ3v) is 3.51. The van der Waals surface area contributed by atoms with Crippen LogP contribution in [0.5, 0.6) is 5.75 Å². The number of carbonyl (C=O) groups excluding carboxylic acids is 1. The second-order valence-corrected chi connectivity index (χ2v) is 5.21. The molecule has 0 fully saturated rings. The highest BCUT2D eigenvalue weighted by atomic mass is 19.1. The number of hydrogen-bond acceptors (Lipinski definition) is 2. The third kappa shape index (κ3) is 3.69. The van der Waals surface area contributed by atoms with Gasteiger partial charge in [0.15, 0.2) is 5.78 Å². The van der Waals surface area contributed by atoms with Crippen LogP contribution in [0.2, 0.25) is 0 Å². The maximum absolute atomic E-state index is 13.9. The molecule has 2 aromatic rings. The van der Waals surface area contributed by atoms with E-state index in [1.54, 1.807) is 14.0 Å². The Hall–Kier alpha value is -2.16. The van der Waals surface area contributed by atoms with Crippen molar-refractivity contribution >= 4 is 5.78 Å². The Morgan fingerprint density at radius 2 is 1.81 bits per heavy atom. The summed E-state index contributed by atoms with van der Waals surface area (Å²) in [6.07, 6.45) is 0.892. The fourth-order valence-corrected chi connectivity index (χ4v) is 2.44. The largest absolute Gasteiger partial charge is 0.497 e. The molecule has 3 heteroatoms. The first-order valence-electron chi connectivity index (χ1n) is 6.94. The molecule has 0 aliphatic heterocycles. The zero-order chi connectivity index (χ0) is 15.4. The van der Waals surface area contributed by atoms with Crippen molar-refractivity contribution in [1.82, 2.24) is 0 Å². The van der Waals surface area contributed by atoms with Crippen LogP contribution in [-0.4, -0.2) is 12.9 Å². The Bertz CT molecular complexity index is 622. The van der Waals surface area contributed by atoms with E-state index in [-0.39, 0.29) is 11.3 Å².